The minimum absolute atomic E-state index is 0.550. The van der Waals surface area contributed by atoms with Crippen LogP contribution < -0.4 is 0 Å². The first-order chi connectivity index (χ1) is 8.18. The third-order valence-corrected chi connectivity index (χ3v) is 3.18. The number of hydrogen-bond acceptors (Lipinski definition) is 2. The lowest BCUT2D eigenvalue weighted by molar-refractivity contribution is 0.186. The van der Waals surface area contributed by atoms with Crippen LogP contribution in [0.5, 0.6) is 0 Å². The molecule has 0 aliphatic rings. The lowest BCUT2D eigenvalue weighted by atomic mass is 10.1. The standard InChI is InChI=1S/C14H14N2O/c1-9(17)14-15-13-11-6-4-3-5-10(11)7-8-12(13)16(14)2/h3-9,17H,1-2H3. The average molecular weight is 226 g/mol. The Morgan fingerprint density at radius 1 is 1.18 bits per heavy atom. The minimum atomic E-state index is -0.550. The van der Waals surface area contributed by atoms with Gasteiger partial charge in [-0.3, -0.25) is 0 Å². The number of fused-ring (bicyclic) bond motifs is 3. The zero-order valence-electron chi connectivity index (χ0n) is 9.88. The van der Waals surface area contributed by atoms with Crippen LogP contribution in [-0.4, -0.2) is 14.7 Å². The highest BCUT2D eigenvalue weighted by Crippen LogP contribution is 2.26. The summed E-state index contributed by atoms with van der Waals surface area (Å²) in [5, 5.41) is 12.0. The molecule has 0 aliphatic heterocycles. The zero-order valence-corrected chi connectivity index (χ0v) is 9.88. The maximum absolute atomic E-state index is 9.69. The van der Waals surface area contributed by atoms with E-state index in [0.717, 1.165) is 16.4 Å². The molecule has 0 saturated heterocycles. The van der Waals surface area contributed by atoms with Crippen molar-refractivity contribution in [3.63, 3.8) is 0 Å². The summed E-state index contributed by atoms with van der Waals surface area (Å²) in [4.78, 5) is 4.55. The van der Waals surface area contributed by atoms with Gasteiger partial charge in [0.15, 0.2) is 0 Å². The molecule has 0 spiro atoms. The van der Waals surface area contributed by atoms with Crippen LogP contribution in [0.4, 0.5) is 0 Å². The molecule has 0 radical (unpaired) electrons. The summed E-state index contributed by atoms with van der Waals surface area (Å²) >= 11 is 0. The van der Waals surface area contributed by atoms with Crippen LogP contribution in [0.25, 0.3) is 21.8 Å². The molecule has 1 N–H and O–H groups in total. The molecule has 3 heteroatoms. The molecule has 3 nitrogen and oxygen atoms in total. The second-order valence-electron chi connectivity index (χ2n) is 4.36. The average Bonchev–Trinajstić information content (AvgIpc) is 2.67. The predicted octanol–water partition coefficient (Wildman–Crippen LogP) is 2.78. The van der Waals surface area contributed by atoms with Crippen molar-refractivity contribution in [2.45, 2.75) is 13.0 Å². The van der Waals surface area contributed by atoms with Crippen LogP contribution in [0.2, 0.25) is 0 Å². The molecule has 0 bridgehead atoms. The highest BCUT2D eigenvalue weighted by Gasteiger charge is 2.13. The first kappa shape index (κ1) is 10.3. The summed E-state index contributed by atoms with van der Waals surface area (Å²) in [6.07, 6.45) is -0.550. The molecular formula is C14H14N2O. The quantitative estimate of drug-likeness (QED) is 0.693. The second kappa shape index (κ2) is 3.57. The van der Waals surface area contributed by atoms with E-state index in [0.29, 0.717) is 5.82 Å². The van der Waals surface area contributed by atoms with E-state index in [2.05, 4.69) is 29.2 Å². The van der Waals surface area contributed by atoms with Crippen molar-refractivity contribution in [3.05, 3.63) is 42.2 Å². The van der Waals surface area contributed by atoms with Crippen molar-refractivity contribution < 1.29 is 5.11 Å². The molecular weight excluding hydrogens is 212 g/mol. The van der Waals surface area contributed by atoms with Gasteiger partial charge in [0.1, 0.15) is 11.9 Å². The van der Waals surface area contributed by atoms with Gasteiger partial charge < -0.3 is 9.67 Å². The van der Waals surface area contributed by atoms with Crippen molar-refractivity contribution in [2.75, 3.05) is 0 Å². The lowest BCUT2D eigenvalue weighted by Gasteiger charge is -2.03. The number of aliphatic hydroxyl groups is 1. The van der Waals surface area contributed by atoms with Crippen LogP contribution in [0, 0.1) is 0 Å². The fraction of sp³-hybridized carbons (Fsp3) is 0.214. The van der Waals surface area contributed by atoms with Gasteiger partial charge in [0.25, 0.3) is 0 Å². The van der Waals surface area contributed by atoms with Gasteiger partial charge in [-0.25, -0.2) is 4.98 Å². The van der Waals surface area contributed by atoms with Crippen LogP contribution >= 0.6 is 0 Å². The highest BCUT2D eigenvalue weighted by atomic mass is 16.3. The number of aryl methyl sites for hydroxylation is 1. The number of aliphatic hydroxyl groups excluding tert-OH is 1. The molecule has 1 atom stereocenters. The summed E-state index contributed by atoms with van der Waals surface area (Å²) in [7, 11) is 1.94. The van der Waals surface area contributed by atoms with Crippen molar-refractivity contribution >= 4 is 21.8 Å². The van der Waals surface area contributed by atoms with Crippen LogP contribution in [0.3, 0.4) is 0 Å². The van der Waals surface area contributed by atoms with Gasteiger partial charge >= 0.3 is 0 Å². The fourth-order valence-corrected chi connectivity index (χ4v) is 2.32. The Bertz CT molecular complexity index is 698. The van der Waals surface area contributed by atoms with E-state index >= 15 is 0 Å². The summed E-state index contributed by atoms with van der Waals surface area (Å²) in [6, 6.07) is 12.3. The van der Waals surface area contributed by atoms with E-state index in [4.69, 9.17) is 0 Å². The third-order valence-electron chi connectivity index (χ3n) is 3.18. The van der Waals surface area contributed by atoms with Gasteiger partial charge in [0.05, 0.1) is 11.0 Å². The normalized spacial score (nSPS) is 13.4. The maximum Gasteiger partial charge on any atom is 0.138 e. The summed E-state index contributed by atoms with van der Waals surface area (Å²) in [5.74, 6) is 0.705. The predicted molar refractivity (Wildman–Crippen MR) is 68.9 cm³/mol. The van der Waals surface area contributed by atoms with E-state index in [9.17, 15) is 5.11 Å². The molecule has 0 amide bonds. The first-order valence-electron chi connectivity index (χ1n) is 5.70. The van der Waals surface area contributed by atoms with Crippen LogP contribution in [0.15, 0.2) is 36.4 Å². The molecule has 0 fully saturated rings. The van der Waals surface area contributed by atoms with E-state index in [1.54, 1.807) is 6.92 Å². The number of benzene rings is 2. The van der Waals surface area contributed by atoms with E-state index < -0.39 is 6.10 Å². The number of hydrogen-bond donors (Lipinski definition) is 1. The van der Waals surface area contributed by atoms with Gasteiger partial charge in [-0.2, -0.15) is 0 Å². The Labute approximate surface area is 99.3 Å². The van der Waals surface area contributed by atoms with Gasteiger partial charge in [-0.05, 0) is 18.4 Å². The van der Waals surface area contributed by atoms with Crippen molar-refractivity contribution in [1.29, 1.82) is 0 Å². The Hall–Kier alpha value is -1.87. The highest BCUT2D eigenvalue weighted by molar-refractivity contribution is 6.04. The van der Waals surface area contributed by atoms with Crippen molar-refractivity contribution in [3.8, 4) is 0 Å². The molecule has 17 heavy (non-hydrogen) atoms. The molecule has 86 valence electrons. The largest absolute Gasteiger partial charge is 0.385 e. The topological polar surface area (TPSA) is 38.1 Å². The van der Waals surface area contributed by atoms with E-state index in [1.807, 2.05) is 23.7 Å². The summed E-state index contributed by atoms with van der Waals surface area (Å²) in [6.45, 7) is 1.74. The SMILES string of the molecule is CC(O)c1nc2c3ccccc3ccc2n1C. The summed E-state index contributed by atoms with van der Waals surface area (Å²) < 4.78 is 1.95. The molecule has 1 unspecified atom stereocenters. The smallest absolute Gasteiger partial charge is 0.138 e. The van der Waals surface area contributed by atoms with Gasteiger partial charge in [0, 0.05) is 12.4 Å². The lowest BCUT2D eigenvalue weighted by Crippen LogP contribution is -2.01. The monoisotopic (exact) mass is 226 g/mol. The Balaban J connectivity index is 2.47. The second-order valence-corrected chi connectivity index (χ2v) is 4.36. The molecule has 3 rings (SSSR count). The number of imidazole rings is 1. The molecule has 0 aliphatic carbocycles. The Kier molecular flexibility index (Phi) is 2.16. The Morgan fingerprint density at radius 2 is 1.94 bits per heavy atom. The minimum Gasteiger partial charge on any atom is -0.385 e. The molecule has 3 aromatic rings. The van der Waals surface area contributed by atoms with Gasteiger partial charge in [-0.1, -0.05) is 30.3 Å². The Morgan fingerprint density at radius 3 is 2.71 bits per heavy atom. The van der Waals surface area contributed by atoms with Crippen LogP contribution in [-0.2, 0) is 7.05 Å². The van der Waals surface area contributed by atoms with Crippen LogP contribution in [0.1, 0.15) is 18.9 Å². The summed E-state index contributed by atoms with van der Waals surface area (Å²) in [5.41, 5.74) is 2.01. The molecule has 0 saturated carbocycles. The molecule has 1 aromatic heterocycles. The van der Waals surface area contributed by atoms with Gasteiger partial charge in [0.2, 0.25) is 0 Å². The fourth-order valence-electron chi connectivity index (χ4n) is 2.32. The third kappa shape index (κ3) is 1.43. The first-order valence-corrected chi connectivity index (χ1v) is 5.70. The van der Waals surface area contributed by atoms with Crippen molar-refractivity contribution in [1.82, 2.24) is 9.55 Å². The number of aromatic nitrogens is 2. The van der Waals surface area contributed by atoms with E-state index in [-0.39, 0.29) is 0 Å². The van der Waals surface area contributed by atoms with Crippen molar-refractivity contribution in [2.24, 2.45) is 7.05 Å². The van der Waals surface area contributed by atoms with Gasteiger partial charge in [-0.15, -0.1) is 0 Å². The number of rotatable bonds is 1. The molecule has 2 aromatic carbocycles. The van der Waals surface area contributed by atoms with E-state index in [1.165, 1.54) is 5.39 Å². The maximum atomic E-state index is 9.69. The molecule has 1 heterocycles. The zero-order chi connectivity index (χ0) is 12.0. The number of nitrogens with zero attached hydrogens (tertiary/aromatic N) is 2.